The van der Waals surface area contributed by atoms with Gasteiger partial charge in [-0.15, -0.1) is 0 Å². The Morgan fingerprint density at radius 3 is 2.33 bits per heavy atom. The molecule has 0 bridgehead atoms. The highest BCUT2D eigenvalue weighted by Crippen LogP contribution is 2.24. The third kappa shape index (κ3) is 7.79. The van der Waals surface area contributed by atoms with Crippen LogP contribution in [-0.4, -0.2) is 46.1 Å². The maximum atomic E-state index is 13.3. The molecule has 1 N–H and O–H groups in total. The molecule has 0 spiro atoms. The molecule has 2 aromatic heterocycles. The molecule has 1 amide bonds. The number of aromatic nitrogens is 3. The number of hydrogen-bond donors (Lipinski definition) is 1. The number of nitrogens with one attached hydrogen (secondary N) is 1. The predicted octanol–water partition coefficient (Wildman–Crippen LogP) is 5.75. The number of pyridine rings is 1. The van der Waals surface area contributed by atoms with E-state index in [9.17, 15) is 9.18 Å². The largest absolute Gasteiger partial charge is 0.348 e. The summed E-state index contributed by atoms with van der Waals surface area (Å²) in [5, 5.41) is 7.33. The van der Waals surface area contributed by atoms with Crippen LogP contribution >= 0.6 is 12.1 Å². The Kier molecular flexibility index (Phi) is 11.4. The van der Waals surface area contributed by atoms with E-state index in [0.29, 0.717) is 29.1 Å². The van der Waals surface area contributed by atoms with E-state index in [1.165, 1.54) is 30.7 Å². The summed E-state index contributed by atoms with van der Waals surface area (Å²) in [4.78, 5) is 17.4. The number of nitrogens with zero attached hydrogens (tertiary/aromatic N) is 5. The molecule has 2 heterocycles. The maximum Gasteiger partial charge on any atom is 0.251 e. The molecule has 0 aliphatic carbocycles. The lowest BCUT2D eigenvalue weighted by molar-refractivity contribution is -0.115. The highest BCUT2D eigenvalue weighted by atomic mass is 32.2. The number of benzene rings is 1. The second kappa shape index (κ2) is 14.2. The molecule has 1 aromatic carbocycles. The van der Waals surface area contributed by atoms with Crippen LogP contribution in [-0.2, 0) is 11.3 Å². The van der Waals surface area contributed by atoms with Gasteiger partial charge in [0.1, 0.15) is 11.6 Å². The van der Waals surface area contributed by atoms with E-state index < -0.39 is 0 Å². The number of hydrogen-bond acceptors (Lipinski definition) is 6. The molecule has 0 aliphatic heterocycles. The van der Waals surface area contributed by atoms with Crippen LogP contribution in [0.1, 0.15) is 44.0 Å². The van der Waals surface area contributed by atoms with Crippen molar-refractivity contribution in [3.8, 4) is 5.69 Å². The second-order valence-corrected chi connectivity index (χ2v) is 9.49. The number of amides is 1. The number of carbonyl (C=O) groups excluding carboxylic acids is 1. The fourth-order valence-corrected chi connectivity index (χ4v) is 3.91. The average Bonchev–Trinajstić information content (AvgIpc) is 3.27. The highest BCUT2D eigenvalue weighted by molar-refractivity contribution is 7.98. The molecule has 9 heteroatoms. The number of rotatable bonds is 9. The minimum Gasteiger partial charge on any atom is -0.348 e. The summed E-state index contributed by atoms with van der Waals surface area (Å²) >= 11 is 1.53. The summed E-state index contributed by atoms with van der Waals surface area (Å²) < 4.78 is 18.9. The van der Waals surface area contributed by atoms with Crippen molar-refractivity contribution in [3.63, 3.8) is 0 Å². The van der Waals surface area contributed by atoms with E-state index in [4.69, 9.17) is 0 Å². The fourth-order valence-electron chi connectivity index (χ4n) is 3.23. The SMILES string of the molecule is C=Cc1c(/C(=C\C)C(=O)NCc2ccc(N(C)SN(C)C)nc2)cnn1-c1ccc(F)cc1.CCC. The summed E-state index contributed by atoms with van der Waals surface area (Å²) in [6, 6.07) is 9.83. The molecule has 0 unspecified atom stereocenters. The lowest BCUT2D eigenvalue weighted by Crippen LogP contribution is -2.24. The Hall–Kier alpha value is -3.43. The first-order valence-corrected chi connectivity index (χ1v) is 12.4. The van der Waals surface area contributed by atoms with E-state index in [1.54, 1.807) is 48.3 Å². The van der Waals surface area contributed by atoms with Gasteiger partial charge in [-0.3, -0.25) is 9.10 Å². The van der Waals surface area contributed by atoms with E-state index in [2.05, 4.69) is 35.8 Å². The summed E-state index contributed by atoms with van der Waals surface area (Å²) in [5.74, 6) is 0.260. The van der Waals surface area contributed by atoms with Gasteiger partial charge in [-0.2, -0.15) is 5.10 Å². The van der Waals surface area contributed by atoms with Gasteiger partial charge in [0, 0.05) is 43.1 Å². The first-order chi connectivity index (χ1) is 17.2. The Balaban J connectivity index is 0.00000145. The van der Waals surface area contributed by atoms with Crippen molar-refractivity contribution in [2.75, 3.05) is 25.4 Å². The lowest BCUT2D eigenvalue weighted by Gasteiger charge is -2.20. The summed E-state index contributed by atoms with van der Waals surface area (Å²) in [5.41, 5.74) is 3.33. The topological polar surface area (TPSA) is 66.3 Å². The van der Waals surface area contributed by atoms with Crippen LogP contribution in [0.15, 0.2) is 61.4 Å². The van der Waals surface area contributed by atoms with Gasteiger partial charge in [-0.05, 0) is 63.0 Å². The predicted molar refractivity (Wildman–Crippen MR) is 149 cm³/mol. The number of allylic oxidation sites excluding steroid dienone is 1. The molecule has 0 fully saturated rings. The summed E-state index contributed by atoms with van der Waals surface area (Å²) in [6.45, 7) is 10.3. The second-order valence-electron chi connectivity index (χ2n) is 8.04. The summed E-state index contributed by atoms with van der Waals surface area (Å²) in [7, 11) is 5.87. The lowest BCUT2D eigenvalue weighted by atomic mass is 10.1. The van der Waals surface area contributed by atoms with Gasteiger partial charge >= 0.3 is 0 Å². The van der Waals surface area contributed by atoms with Crippen molar-refractivity contribution >= 4 is 35.5 Å². The van der Waals surface area contributed by atoms with Crippen LogP contribution in [0.25, 0.3) is 17.3 Å². The minimum atomic E-state index is -0.328. The standard InChI is InChI=1S/C24H27FN6OS.C3H8/c1-6-20(21-16-28-31(22(21)7-2)19-11-9-18(25)10-12-19)24(32)27-15-17-8-13-23(26-14-17)30(5)33-29(3)4;1-3-2/h6-14,16H,2,15H2,1,3-5H3,(H,27,32);3H2,1-2H3/b20-6+;. The minimum absolute atomic E-state index is 0.233. The normalized spacial score (nSPS) is 11.1. The molecule has 0 saturated heterocycles. The zero-order valence-corrected chi connectivity index (χ0v) is 22.6. The number of anilines is 1. The molecule has 3 aromatic rings. The molecule has 0 aliphatic rings. The third-order valence-electron chi connectivity index (χ3n) is 4.77. The van der Waals surface area contributed by atoms with E-state index in [1.807, 2.05) is 41.9 Å². The van der Waals surface area contributed by atoms with E-state index >= 15 is 0 Å². The molecular formula is C27H35FN6OS. The van der Waals surface area contributed by atoms with Crippen molar-refractivity contribution in [2.24, 2.45) is 0 Å². The van der Waals surface area contributed by atoms with Crippen LogP contribution in [0.3, 0.4) is 0 Å². The van der Waals surface area contributed by atoms with Gasteiger partial charge in [-0.25, -0.2) is 18.4 Å². The smallest absolute Gasteiger partial charge is 0.251 e. The molecule has 36 heavy (non-hydrogen) atoms. The first kappa shape index (κ1) is 28.8. The van der Waals surface area contributed by atoms with Crippen molar-refractivity contribution in [1.29, 1.82) is 0 Å². The molecule has 0 saturated carbocycles. The van der Waals surface area contributed by atoms with Gasteiger partial charge in [-0.1, -0.05) is 39.0 Å². The van der Waals surface area contributed by atoms with Gasteiger partial charge in [0.2, 0.25) is 0 Å². The van der Waals surface area contributed by atoms with Crippen LogP contribution in [0.4, 0.5) is 10.2 Å². The zero-order valence-electron chi connectivity index (χ0n) is 21.8. The Labute approximate surface area is 218 Å². The maximum absolute atomic E-state index is 13.3. The van der Waals surface area contributed by atoms with E-state index in [-0.39, 0.29) is 11.7 Å². The molecule has 0 atom stereocenters. The quantitative estimate of drug-likeness (QED) is 0.292. The van der Waals surface area contributed by atoms with Crippen molar-refractivity contribution < 1.29 is 9.18 Å². The molecule has 7 nitrogen and oxygen atoms in total. The Morgan fingerprint density at radius 2 is 1.81 bits per heavy atom. The average molecular weight is 511 g/mol. The number of halogens is 1. The first-order valence-electron chi connectivity index (χ1n) is 11.7. The van der Waals surface area contributed by atoms with Crippen molar-refractivity contribution in [1.82, 2.24) is 24.4 Å². The molecule has 0 radical (unpaired) electrons. The summed E-state index contributed by atoms with van der Waals surface area (Å²) in [6.07, 6.45) is 7.99. The van der Waals surface area contributed by atoms with E-state index in [0.717, 1.165) is 11.4 Å². The van der Waals surface area contributed by atoms with Gasteiger partial charge < -0.3 is 5.32 Å². The third-order valence-corrected chi connectivity index (χ3v) is 5.52. The van der Waals surface area contributed by atoms with Gasteiger partial charge in [0.25, 0.3) is 5.91 Å². The van der Waals surface area contributed by atoms with Gasteiger partial charge in [0.15, 0.2) is 0 Å². The van der Waals surface area contributed by atoms with Crippen molar-refractivity contribution in [3.05, 3.63) is 84.1 Å². The molecule has 3 rings (SSSR count). The van der Waals surface area contributed by atoms with Crippen LogP contribution in [0.5, 0.6) is 0 Å². The zero-order chi connectivity index (χ0) is 26.7. The molecular weight excluding hydrogens is 475 g/mol. The Morgan fingerprint density at radius 1 is 1.14 bits per heavy atom. The highest BCUT2D eigenvalue weighted by Gasteiger charge is 2.18. The van der Waals surface area contributed by atoms with Crippen LogP contribution in [0, 0.1) is 5.82 Å². The van der Waals surface area contributed by atoms with Crippen LogP contribution < -0.4 is 9.62 Å². The Bertz CT molecular complexity index is 1160. The molecule has 192 valence electrons. The van der Waals surface area contributed by atoms with Gasteiger partial charge in [0.05, 0.1) is 17.6 Å². The monoisotopic (exact) mass is 510 g/mol. The fraction of sp³-hybridized carbons (Fsp3) is 0.296. The van der Waals surface area contributed by atoms with Crippen molar-refractivity contribution in [2.45, 2.75) is 33.7 Å². The number of carbonyl (C=O) groups is 1. The van der Waals surface area contributed by atoms with Crippen LogP contribution in [0.2, 0.25) is 0 Å².